The topological polar surface area (TPSA) is 18.5 Å². The Hall–Kier alpha value is -0.0800. The molecule has 0 N–H and O–H groups in total. The zero-order valence-electron chi connectivity index (χ0n) is 7.18. The van der Waals surface area contributed by atoms with E-state index in [0.29, 0.717) is 12.0 Å². The highest BCUT2D eigenvalue weighted by Crippen LogP contribution is 2.24. The van der Waals surface area contributed by atoms with Crippen LogP contribution in [0.3, 0.4) is 0 Å². The van der Waals surface area contributed by atoms with E-state index in [2.05, 4.69) is 13.8 Å². The van der Waals surface area contributed by atoms with Crippen molar-refractivity contribution in [2.75, 3.05) is 6.61 Å². The summed E-state index contributed by atoms with van der Waals surface area (Å²) in [4.78, 5) is 0. The molecule has 2 atom stereocenters. The Kier molecular flexibility index (Phi) is 2.02. The van der Waals surface area contributed by atoms with Gasteiger partial charge in [0.1, 0.15) is 0 Å². The van der Waals surface area contributed by atoms with Crippen LogP contribution in [-0.4, -0.2) is 18.5 Å². The molecular formula is C8H16O2. The molecule has 0 unspecified atom stereocenters. The highest BCUT2D eigenvalue weighted by Gasteiger charge is 2.31. The molecule has 0 spiro atoms. The molecule has 1 fully saturated rings. The average molecular weight is 144 g/mol. The van der Waals surface area contributed by atoms with E-state index in [-0.39, 0.29) is 5.79 Å². The molecule has 10 heavy (non-hydrogen) atoms. The number of ether oxygens (including phenoxy) is 2. The summed E-state index contributed by atoms with van der Waals surface area (Å²) in [5.74, 6) is 0.152. The first-order valence-electron chi connectivity index (χ1n) is 3.83. The summed E-state index contributed by atoms with van der Waals surface area (Å²) in [6.07, 6.45) is 0.323. The molecule has 0 saturated carbocycles. The third kappa shape index (κ3) is 1.70. The summed E-state index contributed by atoms with van der Waals surface area (Å²) >= 11 is 0. The first kappa shape index (κ1) is 8.02. The van der Waals surface area contributed by atoms with E-state index < -0.39 is 0 Å². The standard InChI is InChI=1S/C8H16O2/c1-6-5-9-8(3,4)10-7(6)2/h6-7H,5H2,1-4H3/t6-,7-/m0/s1. The largest absolute Gasteiger partial charge is 0.350 e. The second kappa shape index (κ2) is 2.51. The van der Waals surface area contributed by atoms with Gasteiger partial charge in [0.05, 0.1) is 12.7 Å². The molecule has 0 amide bonds. The lowest BCUT2D eigenvalue weighted by Crippen LogP contribution is -2.43. The van der Waals surface area contributed by atoms with Gasteiger partial charge in [0.15, 0.2) is 5.79 Å². The Morgan fingerprint density at radius 1 is 1.30 bits per heavy atom. The van der Waals surface area contributed by atoms with Crippen LogP contribution < -0.4 is 0 Å². The molecule has 0 aromatic rings. The monoisotopic (exact) mass is 144 g/mol. The maximum atomic E-state index is 5.56. The molecule has 0 bridgehead atoms. The van der Waals surface area contributed by atoms with Crippen molar-refractivity contribution in [1.29, 1.82) is 0 Å². The summed E-state index contributed by atoms with van der Waals surface area (Å²) < 4.78 is 11.0. The van der Waals surface area contributed by atoms with Crippen molar-refractivity contribution >= 4 is 0 Å². The fraction of sp³-hybridized carbons (Fsp3) is 1.00. The molecular weight excluding hydrogens is 128 g/mol. The third-order valence-electron chi connectivity index (χ3n) is 1.96. The zero-order chi connectivity index (χ0) is 7.78. The summed E-state index contributed by atoms with van der Waals surface area (Å²) in [7, 11) is 0. The van der Waals surface area contributed by atoms with Crippen LogP contribution in [0.25, 0.3) is 0 Å². The molecule has 1 rings (SSSR count). The summed E-state index contributed by atoms with van der Waals surface area (Å²) in [6, 6.07) is 0. The zero-order valence-corrected chi connectivity index (χ0v) is 7.18. The molecule has 1 heterocycles. The van der Waals surface area contributed by atoms with Gasteiger partial charge in [0.25, 0.3) is 0 Å². The van der Waals surface area contributed by atoms with E-state index in [1.165, 1.54) is 0 Å². The van der Waals surface area contributed by atoms with Crippen LogP contribution in [-0.2, 0) is 9.47 Å². The Morgan fingerprint density at radius 3 is 2.30 bits per heavy atom. The number of rotatable bonds is 0. The van der Waals surface area contributed by atoms with Crippen molar-refractivity contribution in [3.8, 4) is 0 Å². The lowest BCUT2D eigenvalue weighted by molar-refractivity contribution is -0.286. The maximum Gasteiger partial charge on any atom is 0.163 e. The van der Waals surface area contributed by atoms with Gasteiger partial charge in [-0.15, -0.1) is 0 Å². The SMILES string of the molecule is C[C@@H]1OC(C)(C)OC[C@@H]1C. The fourth-order valence-electron chi connectivity index (χ4n) is 1.07. The van der Waals surface area contributed by atoms with Gasteiger partial charge < -0.3 is 9.47 Å². The van der Waals surface area contributed by atoms with E-state index in [4.69, 9.17) is 9.47 Å². The van der Waals surface area contributed by atoms with Gasteiger partial charge in [-0.05, 0) is 20.8 Å². The molecule has 2 heteroatoms. The van der Waals surface area contributed by atoms with Gasteiger partial charge in [-0.2, -0.15) is 0 Å². The van der Waals surface area contributed by atoms with Crippen molar-refractivity contribution in [3.63, 3.8) is 0 Å². The second-order valence-corrected chi connectivity index (χ2v) is 3.51. The number of hydrogen-bond acceptors (Lipinski definition) is 2. The molecule has 0 aliphatic carbocycles. The first-order valence-corrected chi connectivity index (χ1v) is 3.83. The molecule has 0 radical (unpaired) electrons. The minimum absolute atomic E-state index is 0.323. The van der Waals surface area contributed by atoms with E-state index in [1.807, 2.05) is 13.8 Å². The number of hydrogen-bond donors (Lipinski definition) is 0. The predicted molar refractivity (Wildman–Crippen MR) is 39.7 cm³/mol. The van der Waals surface area contributed by atoms with Crippen LogP contribution in [0, 0.1) is 5.92 Å². The second-order valence-electron chi connectivity index (χ2n) is 3.51. The van der Waals surface area contributed by atoms with Crippen LogP contribution in [0.2, 0.25) is 0 Å². The van der Waals surface area contributed by atoms with Crippen LogP contribution in [0.15, 0.2) is 0 Å². The van der Waals surface area contributed by atoms with Crippen LogP contribution in [0.4, 0.5) is 0 Å². The van der Waals surface area contributed by atoms with E-state index in [0.717, 1.165) is 6.61 Å². The molecule has 0 aromatic heterocycles. The smallest absolute Gasteiger partial charge is 0.163 e. The van der Waals surface area contributed by atoms with E-state index in [1.54, 1.807) is 0 Å². The van der Waals surface area contributed by atoms with Crippen LogP contribution >= 0.6 is 0 Å². The summed E-state index contributed by atoms with van der Waals surface area (Å²) in [5.41, 5.74) is 0. The average Bonchev–Trinajstić information content (AvgIpc) is 1.79. The third-order valence-corrected chi connectivity index (χ3v) is 1.96. The molecule has 0 aromatic carbocycles. The maximum absolute atomic E-state index is 5.56. The van der Waals surface area contributed by atoms with Crippen LogP contribution in [0.5, 0.6) is 0 Å². The van der Waals surface area contributed by atoms with E-state index in [9.17, 15) is 0 Å². The molecule has 2 nitrogen and oxygen atoms in total. The van der Waals surface area contributed by atoms with Crippen LogP contribution in [0.1, 0.15) is 27.7 Å². The van der Waals surface area contributed by atoms with Gasteiger partial charge in [-0.1, -0.05) is 6.92 Å². The van der Waals surface area contributed by atoms with Gasteiger partial charge >= 0.3 is 0 Å². The molecule has 1 saturated heterocycles. The molecule has 1 aliphatic heterocycles. The fourth-order valence-corrected chi connectivity index (χ4v) is 1.07. The first-order chi connectivity index (χ1) is 4.51. The van der Waals surface area contributed by atoms with Gasteiger partial charge in [0.2, 0.25) is 0 Å². The normalized spacial score (nSPS) is 39.6. The summed E-state index contributed by atoms with van der Waals surface area (Å²) in [6.45, 7) is 8.95. The highest BCUT2D eigenvalue weighted by atomic mass is 16.7. The van der Waals surface area contributed by atoms with E-state index >= 15 is 0 Å². The quantitative estimate of drug-likeness (QED) is 0.516. The van der Waals surface area contributed by atoms with Gasteiger partial charge in [0, 0.05) is 5.92 Å². The summed E-state index contributed by atoms with van der Waals surface area (Å²) in [5, 5.41) is 0. The lowest BCUT2D eigenvalue weighted by atomic mass is 10.1. The molecule has 60 valence electrons. The van der Waals surface area contributed by atoms with Crippen molar-refractivity contribution in [3.05, 3.63) is 0 Å². The highest BCUT2D eigenvalue weighted by molar-refractivity contribution is 4.70. The van der Waals surface area contributed by atoms with Crippen molar-refractivity contribution in [2.45, 2.75) is 39.6 Å². The Labute approximate surface area is 62.5 Å². The minimum Gasteiger partial charge on any atom is -0.350 e. The minimum atomic E-state index is -0.369. The van der Waals surface area contributed by atoms with Gasteiger partial charge in [-0.3, -0.25) is 0 Å². The van der Waals surface area contributed by atoms with Crippen molar-refractivity contribution in [2.24, 2.45) is 5.92 Å². The molecule has 1 aliphatic rings. The van der Waals surface area contributed by atoms with Crippen molar-refractivity contribution < 1.29 is 9.47 Å². The Balaban J connectivity index is 2.49. The van der Waals surface area contributed by atoms with Crippen molar-refractivity contribution in [1.82, 2.24) is 0 Å². The Morgan fingerprint density at radius 2 is 1.90 bits per heavy atom. The lowest BCUT2D eigenvalue weighted by Gasteiger charge is -2.38. The van der Waals surface area contributed by atoms with Gasteiger partial charge in [-0.25, -0.2) is 0 Å². The Bertz CT molecular complexity index is 120. The predicted octanol–water partition coefficient (Wildman–Crippen LogP) is 1.79.